The maximum absolute atomic E-state index is 13.4. The first-order valence-electron chi connectivity index (χ1n) is 12.2. The van der Waals surface area contributed by atoms with Crippen molar-refractivity contribution in [2.75, 3.05) is 13.2 Å². The molecule has 0 bridgehead atoms. The molecule has 2 aliphatic rings. The Bertz CT molecular complexity index is 1090. The molecule has 2 amide bonds. The zero-order valence-corrected chi connectivity index (χ0v) is 20.5. The minimum Gasteiger partial charge on any atom is -0.486 e. The number of benzene rings is 2. The number of hydrogen-bond acceptors (Lipinski definition) is 5. The highest BCUT2D eigenvalue weighted by molar-refractivity contribution is 5.96. The maximum Gasteiger partial charge on any atom is 0.247 e. The minimum atomic E-state index is -1.02. The summed E-state index contributed by atoms with van der Waals surface area (Å²) in [5, 5.41) is 23.5. The molecule has 35 heavy (non-hydrogen) atoms. The van der Waals surface area contributed by atoms with Gasteiger partial charge in [-0.2, -0.15) is 0 Å². The quantitative estimate of drug-likeness (QED) is 0.542. The zero-order valence-electron chi connectivity index (χ0n) is 20.5. The standard InChI is InChI=1S/C28H34N2O5/c1-17(2)14-24(32)30(16-19-10-8-18(3)9-11-19)22-15-21(28(34)29-12-13-31)25-20-6-4-5-7-23(20)35-27(25)26(22)33/h4-11,15,17,22,25-27,31,33H,12-14,16H2,1-3H3,(H,29,34)/t22-,25+,26+,27+/m1/s1. The smallest absolute Gasteiger partial charge is 0.247 e. The molecule has 1 heterocycles. The van der Waals surface area contributed by atoms with E-state index in [2.05, 4.69) is 5.32 Å². The van der Waals surface area contributed by atoms with E-state index in [-0.39, 0.29) is 30.9 Å². The molecule has 2 aromatic carbocycles. The van der Waals surface area contributed by atoms with Gasteiger partial charge in [-0.15, -0.1) is 0 Å². The summed E-state index contributed by atoms with van der Waals surface area (Å²) in [5.74, 6) is -0.123. The van der Waals surface area contributed by atoms with Crippen LogP contribution in [0.5, 0.6) is 5.75 Å². The Morgan fingerprint density at radius 3 is 2.51 bits per heavy atom. The van der Waals surface area contributed by atoms with Crippen molar-refractivity contribution < 1.29 is 24.5 Å². The molecule has 2 aromatic rings. The number of nitrogens with zero attached hydrogens (tertiary/aromatic N) is 1. The van der Waals surface area contributed by atoms with E-state index in [9.17, 15) is 19.8 Å². The van der Waals surface area contributed by atoms with Gasteiger partial charge in [-0.1, -0.05) is 61.9 Å². The lowest BCUT2D eigenvalue weighted by molar-refractivity contribution is -0.138. The summed E-state index contributed by atoms with van der Waals surface area (Å²) in [5.41, 5.74) is 3.33. The fourth-order valence-corrected chi connectivity index (χ4v) is 4.91. The summed E-state index contributed by atoms with van der Waals surface area (Å²) in [7, 11) is 0. The summed E-state index contributed by atoms with van der Waals surface area (Å²) in [4.78, 5) is 28.3. The minimum absolute atomic E-state index is 0.0926. The first-order valence-corrected chi connectivity index (χ1v) is 12.2. The van der Waals surface area contributed by atoms with Crippen LogP contribution in [0.3, 0.4) is 0 Å². The van der Waals surface area contributed by atoms with Gasteiger partial charge in [-0.3, -0.25) is 9.59 Å². The van der Waals surface area contributed by atoms with Crippen molar-refractivity contribution in [1.82, 2.24) is 10.2 Å². The number of aliphatic hydroxyl groups excluding tert-OH is 2. The van der Waals surface area contributed by atoms with Crippen molar-refractivity contribution in [3.05, 3.63) is 76.9 Å². The first kappa shape index (κ1) is 24.9. The van der Waals surface area contributed by atoms with Gasteiger partial charge in [-0.05, 0) is 30.5 Å². The Morgan fingerprint density at radius 1 is 1.11 bits per heavy atom. The molecule has 0 unspecified atom stereocenters. The van der Waals surface area contributed by atoms with Gasteiger partial charge in [0.1, 0.15) is 18.0 Å². The van der Waals surface area contributed by atoms with Crippen LogP contribution in [0.2, 0.25) is 0 Å². The number of nitrogens with one attached hydrogen (secondary N) is 1. The van der Waals surface area contributed by atoms with Gasteiger partial charge in [0.15, 0.2) is 0 Å². The average Bonchev–Trinajstić information content (AvgIpc) is 3.22. The van der Waals surface area contributed by atoms with Crippen molar-refractivity contribution in [1.29, 1.82) is 0 Å². The van der Waals surface area contributed by atoms with Crippen LogP contribution in [0.25, 0.3) is 0 Å². The van der Waals surface area contributed by atoms with Crippen molar-refractivity contribution in [2.45, 2.75) is 57.9 Å². The van der Waals surface area contributed by atoms with Crippen LogP contribution in [0.4, 0.5) is 0 Å². The second kappa shape index (κ2) is 10.6. The van der Waals surface area contributed by atoms with Crippen LogP contribution in [0.1, 0.15) is 42.9 Å². The number of para-hydroxylation sites is 1. The molecule has 7 heteroatoms. The summed E-state index contributed by atoms with van der Waals surface area (Å²) >= 11 is 0. The number of aliphatic hydroxyl groups is 2. The van der Waals surface area contributed by atoms with Gasteiger partial charge < -0.3 is 25.2 Å². The van der Waals surface area contributed by atoms with Gasteiger partial charge in [0, 0.05) is 30.6 Å². The van der Waals surface area contributed by atoms with Crippen LogP contribution in [-0.4, -0.2) is 58.3 Å². The summed E-state index contributed by atoms with van der Waals surface area (Å²) in [6.45, 7) is 6.21. The lowest BCUT2D eigenvalue weighted by Crippen LogP contribution is -2.55. The molecule has 0 spiro atoms. The Morgan fingerprint density at radius 2 is 1.83 bits per heavy atom. The highest BCUT2D eigenvalue weighted by Gasteiger charge is 2.50. The average molecular weight is 479 g/mol. The van der Waals surface area contributed by atoms with E-state index < -0.39 is 24.2 Å². The highest BCUT2D eigenvalue weighted by atomic mass is 16.5. The number of hydrogen-bond donors (Lipinski definition) is 3. The molecule has 1 aliphatic carbocycles. The number of amides is 2. The van der Waals surface area contributed by atoms with E-state index in [4.69, 9.17) is 4.74 Å². The molecule has 0 radical (unpaired) electrons. The normalized spacial score (nSPS) is 22.6. The molecule has 4 atom stereocenters. The third-order valence-corrected chi connectivity index (χ3v) is 6.61. The number of rotatable bonds is 8. The number of aryl methyl sites for hydroxylation is 1. The molecule has 1 aliphatic heterocycles. The molecule has 4 rings (SSSR count). The molecule has 0 fully saturated rings. The van der Waals surface area contributed by atoms with E-state index in [1.54, 1.807) is 11.0 Å². The van der Waals surface area contributed by atoms with Crippen LogP contribution in [0.15, 0.2) is 60.2 Å². The van der Waals surface area contributed by atoms with E-state index in [0.29, 0.717) is 24.3 Å². The van der Waals surface area contributed by atoms with E-state index in [1.165, 1.54) is 0 Å². The molecule has 186 valence electrons. The number of ether oxygens (including phenoxy) is 1. The lowest BCUT2D eigenvalue weighted by Gasteiger charge is -2.41. The number of carbonyl (C=O) groups excluding carboxylic acids is 2. The van der Waals surface area contributed by atoms with Crippen molar-refractivity contribution in [3.63, 3.8) is 0 Å². The molecular weight excluding hydrogens is 444 g/mol. The third-order valence-electron chi connectivity index (χ3n) is 6.61. The lowest BCUT2D eigenvalue weighted by atomic mass is 9.77. The summed E-state index contributed by atoms with van der Waals surface area (Å²) < 4.78 is 6.16. The predicted molar refractivity (Wildman–Crippen MR) is 133 cm³/mol. The van der Waals surface area contributed by atoms with Crippen LogP contribution in [0, 0.1) is 12.8 Å². The Labute approximate surface area is 206 Å². The Hall–Kier alpha value is -3.16. The van der Waals surface area contributed by atoms with Gasteiger partial charge in [-0.25, -0.2) is 0 Å². The molecule has 7 nitrogen and oxygen atoms in total. The predicted octanol–water partition coefficient (Wildman–Crippen LogP) is 2.69. The van der Waals surface area contributed by atoms with Crippen molar-refractivity contribution in [3.8, 4) is 5.75 Å². The molecule has 3 N–H and O–H groups in total. The Kier molecular flexibility index (Phi) is 7.57. The van der Waals surface area contributed by atoms with E-state index >= 15 is 0 Å². The third kappa shape index (κ3) is 5.26. The maximum atomic E-state index is 13.4. The zero-order chi connectivity index (χ0) is 25.1. The van der Waals surface area contributed by atoms with Crippen LogP contribution in [-0.2, 0) is 16.1 Å². The monoisotopic (exact) mass is 478 g/mol. The fourth-order valence-electron chi connectivity index (χ4n) is 4.91. The topological polar surface area (TPSA) is 99.1 Å². The van der Waals surface area contributed by atoms with E-state index in [1.807, 2.05) is 69.3 Å². The van der Waals surface area contributed by atoms with Gasteiger partial charge in [0.25, 0.3) is 0 Å². The summed E-state index contributed by atoms with van der Waals surface area (Å²) in [6.07, 6.45) is 0.314. The van der Waals surface area contributed by atoms with Crippen LogP contribution < -0.4 is 10.1 Å². The molecular formula is C28H34N2O5. The molecule has 0 saturated carbocycles. The largest absolute Gasteiger partial charge is 0.486 e. The van der Waals surface area contributed by atoms with Gasteiger partial charge in [0.05, 0.1) is 18.6 Å². The number of fused-ring (bicyclic) bond motifs is 3. The summed E-state index contributed by atoms with van der Waals surface area (Å²) in [6, 6.07) is 14.6. The Balaban J connectivity index is 1.75. The SMILES string of the molecule is Cc1ccc(CN(C(=O)CC(C)C)[C@@H]2C=C(C(=O)NCCO)[C@@H]3c4ccccc4O[C@@H]3[C@H]2O)cc1. The number of carbonyl (C=O) groups is 2. The molecule has 0 saturated heterocycles. The van der Waals surface area contributed by atoms with Crippen molar-refractivity contribution >= 4 is 11.8 Å². The fraction of sp³-hybridized carbons (Fsp3) is 0.429. The first-order chi connectivity index (χ1) is 16.8. The second-order valence-electron chi connectivity index (χ2n) is 9.79. The van der Waals surface area contributed by atoms with Gasteiger partial charge >= 0.3 is 0 Å². The molecule has 0 aromatic heterocycles. The second-order valence-corrected chi connectivity index (χ2v) is 9.79. The highest BCUT2D eigenvalue weighted by Crippen LogP contribution is 2.47. The van der Waals surface area contributed by atoms with Gasteiger partial charge in [0.2, 0.25) is 11.8 Å². The van der Waals surface area contributed by atoms with Crippen molar-refractivity contribution in [2.24, 2.45) is 5.92 Å². The van der Waals surface area contributed by atoms with E-state index in [0.717, 1.165) is 16.7 Å². The van der Waals surface area contributed by atoms with Crippen LogP contribution >= 0.6 is 0 Å².